The van der Waals surface area contributed by atoms with Gasteiger partial charge in [-0.25, -0.2) is 9.80 Å². The molecule has 0 saturated heterocycles. The summed E-state index contributed by atoms with van der Waals surface area (Å²) < 4.78 is 5.50. The lowest BCUT2D eigenvalue weighted by Gasteiger charge is -2.32. The maximum absolute atomic E-state index is 12.2. The number of carbonyl (C=O) groups is 1. The standard InChI is InChI=1S/C17H14BrN3O2S2/c1-2-23-16(22)15-20-21(12-9-7-11(18)8-10-12)17(25-15)19-13-5-3-4-6-14(13)24-17/h3-10,19H,2H2,1H3/t17-/m1/s1. The van der Waals surface area contributed by atoms with E-state index in [1.807, 2.05) is 47.5 Å². The van der Waals surface area contributed by atoms with Crippen LogP contribution in [0.1, 0.15) is 6.92 Å². The Morgan fingerprint density at radius 3 is 2.72 bits per heavy atom. The van der Waals surface area contributed by atoms with Crippen LogP contribution < -0.4 is 10.3 Å². The summed E-state index contributed by atoms with van der Waals surface area (Å²) in [5, 5.41) is 10.3. The zero-order chi connectivity index (χ0) is 17.4. The monoisotopic (exact) mass is 435 g/mol. The second-order valence-corrected chi connectivity index (χ2v) is 8.91. The van der Waals surface area contributed by atoms with E-state index in [-0.39, 0.29) is 0 Å². The van der Waals surface area contributed by atoms with Crippen LogP contribution in [0, 0.1) is 0 Å². The third-order valence-electron chi connectivity index (χ3n) is 3.65. The van der Waals surface area contributed by atoms with Crippen molar-refractivity contribution in [2.45, 2.75) is 16.1 Å². The summed E-state index contributed by atoms with van der Waals surface area (Å²) in [5.74, 6) is -0.398. The van der Waals surface area contributed by atoms with E-state index in [4.69, 9.17) is 4.74 Å². The number of nitrogens with zero attached hydrogens (tertiary/aromatic N) is 2. The summed E-state index contributed by atoms with van der Waals surface area (Å²) in [6.45, 7) is 2.11. The summed E-state index contributed by atoms with van der Waals surface area (Å²) in [4.78, 5) is 13.4. The van der Waals surface area contributed by atoms with Crippen molar-refractivity contribution in [2.24, 2.45) is 5.10 Å². The van der Waals surface area contributed by atoms with Crippen molar-refractivity contribution < 1.29 is 9.53 Å². The Balaban J connectivity index is 1.73. The number of fused-ring (bicyclic) bond motifs is 1. The van der Waals surface area contributed by atoms with Crippen molar-refractivity contribution in [1.29, 1.82) is 0 Å². The molecule has 25 heavy (non-hydrogen) atoms. The molecule has 0 aromatic heterocycles. The van der Waals surface area contributed by atoms with E-state index in [1.165, 1.54) is 11.8 Å². The number of halogens is 1. The highest BCUT2D eigenvalue weighted by Gasteiger charge is 2.51. The van der Waals surface area contributed by atoms with E-state index in [0.717, 1.165) is 20.7 Å². The number of hydrogen-bond acceptors (Lipinski definition) is 7. The molecule has 0 unspecified atom stereocenters. The largest absolute Gasteiger partial charge is 0.461 e. The van der Waals surface area contributed by atoms with Crippen LogP contribution in [0.4, 0.5) is 11.4 Å². The Morgan fingerprint density at radius 1 is 1.24 bits per heavy atom. The average Bonchev–Trinajstić information content (AvgIpc) is 3.16. The summed E-state index contributed by atoms with van der Waals surface area (Å²) in [6.07, 6.45) is 0. The molecule has 1 N–H and O–H groups in total. The maximum atomic E-state index is 12.2. The molecule has 2 heterocycles. The first-order valence-electron chi connectivity index (χ1n) is 7.68. The van der Waals surface area contributed by atoms with Crippen LogP contribution in [0.5, 0.6) is 0 Å². The fourth-order valence-corrected chi connectivity index (χ4v) is 5.51. The van der Waals surface area contributed by atoms with Crippen molar-refractivity contribution in [3.05, 3.63) is 53.0 Å². The lowest BCUT2D eigenvalue weighted by atomic mass is 10.3. The van der Waals surface area contributed by atoms with Crippen LogP contribution in [0.3, 0.4) is 0 Å². The van der Waals surface area contributed by atoms with Crippen LogP contribution in [-0.2, 0) is 9.53 Å². The second-order valence-electron chi connectivity index (χ2n) is 5.32. The van der Waals surface area contributed by atoms with E-state index in [1.54, 1.807) is 18.7 Å². The summed E-state index contributed by atoms with van der Waals surface area (Å²) in [5.41, 5.74) is 1.92. The molecule has 5 nitrogen and oxygen atoms in total. The number of nitrogens with one attached hydrogen (secondary N) is 1. The third-order valence-corrected chi connectivity index (χ3v) is 6.80. The molecule has 0 aliphatic carbocycles. The van der Waals surface area contributed by atoms with Crippen molar-refractivity contribution in [1.82, 2.24) is 0 Å². The highest BCUT2D eigenvalue weighted by Crippen LogP contribution is 2.57. The molecule has 0 fully saturated rings. The van der Waals surface area contributed by atoms with E-state index in [9.17, 15) is 4.79 Å². The van der Waals surface area contributed by atoms with Crippen LogP contribution in [-0.4, -0.2) is 21.9 Å². The Bertz CT molecular complexity index is 832. The van der Waals surface area contributed by atoms with Gasteiger partial charge in [-0.1, -0.05) is 39.8 Å². The fourth-order valence-electron chi connectivity index (χ4n) is 2.58. The van der Waals surface area contributed by atoms with Crippen molar-refractivity contribution in [3.8, 4) is 0 Å². The number of ether oxygens (including phenoxy) is 1. The Hall–Kier alpha value is -1.64. The van der Waals surface area contributed by atoms with E-state index in [0.29, 0.717) is 11.7 Å². The SMILES string of the molecule is CCOC(=O)C1=NN(c2ccc(Br)cc2)[C@@]2(Nc3ccccc3S2)S1. The Morgan fingerprint density at radius 2 is 2.00 bits per heavy atom. The molecule has 0 amide bonds. The number of hydrazone groups is 1. The molecule has 128 valence electrons. The number of thioether (sulfide) groups is 2. The van der Waals surface area contributed by atoms with Gasteiger partial charge in [0.2, 0.25) is 9.37 Å². The van der Waals surface area contributed by atoms with E-state index < -0.39 is 10.3 Å². The third kappa shape index (κ3) is 3.02. The molecule has 2 aromatic rings. The van der Waals surface area contributed by atoms with Gasteiger partial charge >= 0.3 is 5.97 Å². The Labute approximate surface area is 162 Å². The van der Waals surface area contributed by atoms with Gasteiger partial charge in [-0.05, 0) is 55.1 Å². The van der Waals surface area contributed by atoms with Crippen LogP contribution in [0.25, 0.3) is 0 Å². The van der Waals surface area contributed by atoms with E-state index >= 15 is 0 Å². The molecule has 0 saturated carbocycles. The predicted octanol–water partition coefficient (Wildman–Crippen LogP) is 4.71. The quantitative estimate of drug-likeness (QED) is 0.704. The van der Waals surface area contributed by atoms with Gasteiger partial charge in [-0.2, -0.15) is 5.10 Å². The molecule has 1 spiro atoms. The lowest BCUT2D eigenvalue weighted by Crippen LogP contribution is -2.41. The highest BCUT2D eigenvalue weighted by molar-refractivity contribution is 9.10. The minimum Gasteiger partial charge on any atom is -0.461 e. The molecule has 0 bridgehead atoms. The molecular formula is C17H14BrN3O2S2. The number of esters is 1. The normalized spacial score (nSPS) is 21.0. The number of carbonyl (C=O) groups excluding carboxylic acids is 1. The van der Waals surface area contributed by atoms with E-state index in [2.05, 4.69) is 32.4 Å². The van der Waals surface area contributed by atoms with Crippen molar-refractivity contribution in [3.63, 3.8) is 0 Å². The zero-order valence-electron chi connectivity index (χ0n) is 13.2. The first kappa shape index (κ1) is 16.8. The molecule has 0 radical (unpaired) electrons. The number of benzene rings is 2. The first-order valence-corrected chi connectivity index (χ1v) is 10.1. The van der Waals surface area contributed by atoms with Gasteiger partial charge in [0.15, 0.2) is 0 Å². The Kier molecular flexibility index (Phi) is 4.43. The topological polar surface area (TPSA) is 53.9 Å². The predicted molar refractivity (Wildman–Crippen MR) is 107 cm³/mol. The van der Waals surface area contributed by atoms with Crippen LogP contribution >= 0.6 is 39.5 Å². The van der Waals surface area contributed by atoms with Gasteiger partial charge in [-0.3, -0.25) is 0 Å². The lowest BCUT2D eigenvalue weighted by molar-refractivity contribution is -0.134. The number of para-hydroxylation sites is 1. The van der Waals surface area contributed by atoms with Crippen LogP contribution in [0.2, 0.25) is 0 Å². The molecule has 8 heteroatoms. The molecule has 2 aliphatic rings. The van der Waals surface area contributed by atoms with Crippen LogP contribution in [0.15, 0.2) is 63.0 Å². The maximum Gasteiger partial charge on any atom is 0.365 e. The summed E-state index contributed by atoms with van der Waals surface area (Å²) >= 11 is 6.46. The number of rotatable bonds is 3. The molecule has 2 aromatic carbocycles. The average molecular weight is 436 g/mol. The molecular weight excluding hydrogens is 422 g/mol. The highest BCUT2D eigenvalue weighted by atomic mass is 79.9. The number of hydrogen-bond donors (Lipinski definition) is 1. The van der Waals surface area contributed by atoms with Gasteiger partial charge in [0, 0.05) is 9.37 Å². The van der Waals surface area contributed by atoms with Gasteiger partial charge in [0.25, 0.3) is 0 Å². The van der Waals surface area contributed by atoms with Gasteiger partial charge in [0.05, 0.1) is 18.0 Å². The second kappa shape index (κ2) is 6.59. The van der Waals surface area contributed by atoms with Crippen molar-refractivity contribution in [2.75, 3.05) is 16.9 Å². The van der Waals surface area contributed by atoms with Crippen molar-refractivity contribution >= 4 is 61.8 Å². The first-order chi connectivity index (χ1) is 12.1. The molecule has 2 aliphatic heterocycles. The number of anilines is 2. The molecule has 4 rings (SSSR count). The van der Waals surface area contributed by atoms with Gasteiger partial charge < -0.3 is 10.1 Å². The van der Waals surface area contributed by atoms with Gasteiger partial charge in [-0.15, -0.1) is 0 Å². The smallest absolute Gasteiger partial charge is 0.365 e. The molecule has 1 atom stereocenters. The van der Waals surface area contributed by atoms with Gasteiger partial charge in [0.1, 0.15) is 0 Å². The summed E-state index contributed by atoms with van der Waals surface area (Å²) in [6, 6.07) is 15.9. The zero-order valence-corrected chi connectivity index (χ0v) is 16.5. The minimum absolute atomic E-state index is 0.324. The fraction of sp³-hybridized carbons (Fsp3) is 0.176. The minimum atomic E-state index is -0.639. The summed E-state index contributed by atoms with van der Waals surface area (Å²) in [7, 11) is 0.